The summed E-state index contributed by atoms with van der Waals surface area (Å²) in [5, 5.41) is 10.6. The van der Waals surface area contributed by atoms with E-state index in [1.54, 1.807) is 179 Å². The Morgan fingerprint density at radius 1 is 0.481 bits per heavy atom. The van der Waals surface area contributed by atoms with Crippen LogP contribution in [0.25, 0.3) is 42.4 Å². The molecule has 0 atom stereocenters. The number of halogens is 7. The molecule has 3 aromatic carbocycles. The van der Waals surface area contributed by atoms with E-state index in [2.05, 4.69) is 45.1 Å². The number of carbonyl (C=O) groups excluding carboxylic acids is 2. The quantitative estimate of drug-likeness (QED) is 0.0491. The maximum Gasteiger partial charge on any atom is 1.00 e. The number of fused-ring (bicyclic) bond motifs is 3. The summed E-state index contributed by atoms with van der Waals surface area (Å²) in [4.78, 5) is 32.2. The monoisotopic (exact) mass is 2120 g/mol. The number of rotatable bonds is 18. The Labute approximate surface area is 729 Å². The molecule has 0 aliphatic carbocycles. The molecule has 0 spiro atoms. The summed E-state index contributed by atoms with van der Waals surface area (Å²) in [7, 11) is 53.9. The summed E-state index contributed by atoms with van der Waals surface area (Å²) >= 11 is 15.8. The molecule has 0 amide bonds. The number of alkyl halides is 6. The van der Waals surface area contributed by atoms with Crippen LogP contribution in [0.4, 0.5) is 26.3 Å². The van der Waals surface area contributed by atoms with Gasteiger partial charge in [-0.05, 0) is 114 Å². The van der Waals surface area contributed by atoms with Gasteiger partial charge in [-0.1, -0.05) is 31.3 Å². The molecule has 588 valence electrons. The average molecular weight is 2130 g/mol. The van der Waals surface area contributed by atoms with Crippen molar-refractivity contribution in [1.82, 2.24) is 0 Å². The van der Waals surface area contributed by atoms with E-state index in [0.29, 0.717) is 52.0 Å². The maximum atomic E-state index is 14.2. The summed E-state index contributed by atoms with van der Waals surface area (Å²) in [6.07, 6.45) is 0.165. The van der Waals surface area contributed by atoms with Gasteiger partial charge in [0, 0.05) is 307 Å². The van der Waals surface area contributed by atoms with Crippen LogP contribution in [0.1, 0.15) is 92.0 Å². The van der Waals surface area contributed by atoms with Crippen molar-refractivity contribution in [3.63, 3.8) is 0 Å². The summed E-state index contributed by atoms with van der Waals surface area (Å²) in [6, 6.07) is 14.6. The van der Waals surface area contributed by atoms with Crippen LogP contribution in [0, 0.1) is 0 Å². The van der Waals surface area contributed by atoms with E-state index in [0.717, 1.165) is 45.1 Å². The third-order valence-corrected chi connectivity index (χ3v) is 74.7. The maximum absolute atomic E-state index is 14.2. The zero-order chi connectivity index (χ0) is 77.4. The van der Waals surface area contributed by atoms with Gasteiger partial charge >= 0.3 is 43.9 Å². The number of carboxylic acids is 1. The van der Waals surface area contributed by atoms with Crippen LogP contribution in [-0.2, 0) is 313 Å². The van der Waals surface area contributed by atoms with Crippen LogP contribution in [0.5, 0.6) is 17.2 Å². The van der Waals surface area contributed by atoms with Gasteiger partial charge in [0.1, 0.15) is 17.2 Å². The first-order valence-corrected chi connectivity index (χ1v) is 68.0. The fraction of sp³-hybridized carbons (Fsp3) is 0.377. The van der Waals surface area contributed by atoms with Crippen LogP contribution in [0.15, 0.2) is 84.8 Å². The van der Waals surface area contributed by atoms with Crippen LogP contribution in [0.2, 0.25) is 0 Å². The van der Waals surface area contributed by atoms with Gasteiger partial charge in [0.15, 0.2) is 0 Å². The molecule has 106 heavy (non-hydrogen) atoms. The summed E-state index contributed by atoms with van der Waals surface area (Å²) in [6.45, 7) is 19.1. The molecule has 3 aromatic heterocycles. The smallest absolute Gasteiger partial charge is 0.870 e. The third kappa shape index (κ3) is 39.7. The molecule has 0 unspecified atom stereocenters. The molecule has 0 bridgehead atoms. The Hall–Kier alpha value is 1.55. The number of hydrogen-bond donors (Lipinski definition) is 1. The molecule has 6 aromatic rings. The normalized spacial score (nSPS) is 11.9. The molecule has 1 saturated heterocycles. The van der Waals surface area contributed by atoms with E-state index in [1.807, 2.05) is 125 Å². The first kappa shape index (κ1) is 106. The van der Waals surface area contributed by atoms with E-state index in [4.69, 9.17) is 51.0 Å². The number of ether oxygens (including phenoxy) is 5. The largest absolute Gasteiger partial charge is 1.00 e. The first-order chi connectivity index (χ1) is 49.4. The molecular weight excluding hydrogens is 2070 g/mol. The molecule has 0 radical (unpaired) electrons. The number of benzene rings is 3. The molecule has 12 nitrogen and oxygen atoms in total. The third-order valence-electron chi connectivity index (χ3n) is 12.6. The van der Waals surface area contributed by atoms with Gasteiger partial charge in [0.25, 0.3) is 17.8 Å². The van der Waals surface area contributed by atoms with Crippen LogP contribution < -0.4 is 33.1 Å². The summed E-state index contributed by atoms with van der Waals surface area (Å²) in [5.41, 5.74) is 1.01. The molecule has 1 aliphatic heterocycles. The van der Waals surface area contributed by atoms with Gasteiger partial charge in [-0.15, -0.1) is 40.6 Å². The van der Waals surface area contributed by atoms with E-state index in [-0.39, 0.29) is 70.1 Å². The van der Waals surface area contributed by atoms with Crippen molar-refractivity contribution in [2.45, 2.75) is 95.2 Å². The van der Waals surface area contributed by atoms with Crippen molar-refractivity contribution in [2.24, 2.45) is 0 Å². The van der Waals surface area contributed by atoms with Gasteiger partial charge in [-0.2, -0.15) is 0 Å². The SMILES string of the molecule is C=CB1OC(C)(C)C(C)(C)O1.C=Cc1cc2cc(C(F)(F)CCC(=O)O)sc2cc1OC.C=Cc1cc2cc(C(F)(F)CCC(=O)OC)sc2cc1OC.COC(=O)CCC(F)(F)c1cc2cc(Br)c(OC)cc2s1.S=S=S=S=S=S=S=S=S=S=S=S=S=S=S=S=S=S=S=S=S=S=S=S=S=S=S=S=S.[Li+].[OH-]. The zero-order valence-electron chi connectivity index (χ0n) is 56.1. The molecule has 4 heterocycles. The minimum Gasteiger partial charge on any atom is -0.870 e. The minimum absolute atomic E-state index is 0. The molecule has 2 N–H and O–H groups in total. The Balaban J connectivity index is 0.000000674. The summed E-state index contributed by atoms with van der Waals surface area (Å²) in [5.74, 6) is -8.36. The van der Waals surface area contributed by atoms with Crippen molar-refractivity contribution in [2.75, 3.05) is 35.5 Å². The molecule has 7 rings (SSSR count). The fourth-order valence-corrected chi connectivity index (χ4v) is 79.6. The first-order valence-electron chi connectivity index (χ1n) is 27.4. The number of carbonyl (C=O) groups is 3. The van der Waals surface area contributed by atoms with Crippen LogP contribution in [-0.4, -0.2) is 82.4 Å². The predicted octanol–water partition coefficient (Wildman–Crippen LogP) is 12.4. The standard InChI is InChI=1S/C16H16F2O3S.C15H14F2O3S.C14H13BrF2O3S.C8H15BO2.Li.H2O.S29/c1-4-10-7-11-8-14(22-13(11)9-12(10)20-2)16(17,18)6-5-15(19)21-3;1-3-9-6-10-7-13(15(16,17)5-4-14(18)19)21-12(10)8-11(9)20-2;1-19-10-7-11-8(5-9(10)15)6-12(21-11)14(16,17)4-3-13(18)20-2;1-6-9-10-7(2,3)8(4,5)11-9;;;1-3-5-7-9-11-13-15-17-19-21-23-25-27-29-28-26-24-22-20-18-16-14-12-10-8-6-4-2/h4,7-9H,1,5-6H2,2-3H3;3,6-8H,1,4-5H2,2H3,(H,18,19);5-7H,3-4H2,1-2H3;6H,1H2,2-5H3;;1H2;/q;;;;+1;;/p-1. The van der Waals surface area contributed by atoms with E-state index >= 15 is 0 Å². The van der Waals surface area contributed by atoms with Gasteiger partial charge in [-0.25, -0.2) is 26.3 Å². The van der Waals surface area contributed by atoms with Crippen molar-refractivity contribution in [1.29, 1.82) is 0 Å². The molecule has 1 fully saturated rings. The second-order valence-corrected chi connectivity index (χ2v) is 71.3. The molecular formula is C53H59BBrF6LiO12S32. The van der Waals surface area contributed by atoms with E-state index in [1.165, 1.54) is 71.5 Å². The van der Waals surface area contributed by atoms with Crippen LogP contribution in [0.3, 0.4) is 0 Å². The van der Waals surface area contributed by atoms with E-state index in [9.17, 15) is 40.7 Å². The van der Waals surface area contributed by atoms with Gasteiger partial charge in [-0.3, -0.25) is 14.4 Å². The predicted molar refractivity (Wildman–Crippen MR) is 506 cm³/mol. The molecule has 1 aliphatic rings. The number of carboxylic acid groups (broad SMARTS) is 1. The fourth-order valence-electron chi connectivity index (χ4n) is 7.21. The Morgan fingerprint density at radius 3 is 0.981 bits per heavy atom. The second kappa shape index (κ2) is 57.6. The van der Waals surface area contributed by atoms with Crippen molar-refractivity contribution in [3.8, 4) is 17.2 Å². The van der Waals surface area contributed by atoms with Crippen molar-refractivity contribution >= 4 is 380 Å². The number of esters is 2. The van der Waals surface area contributed by atoms with E-state index < -0.39 is 61.4 Å². The van der Waals surface area contributed by atoms with Crippen molar-refractivity contribution < 1.29 is 103 Å². The number of thiophene rings is 3. The zero-order valence-corrected chi connectivity index (χ0v) is 83.8. The van der Waals surface area contributed by atoms with Gasteiger partial charge in [0.05, 0.1) is 85.1 Å². The Kier molecular flexibility index (Phi) is 57.4. The number of aliphatic carboxylic acids is 1. The van der Waals surface area contributed by atoms with Gasteiger partial charge < -0.3 is 43.6 Å². The molecule has 53 heteroatoms. The minimum atomic E-state index is -3.15. The van der Waals surface area contributed by atoms with Gasteiger partial charge in [0.2, 0.25) is 0 Å². The Bertz CT molecular complexity index is 5310. The number of methoxy groups -OCH3 is 5. The average Bonchev–Trinajstić information content (AvgIpc) is 1.67. The Morgan fingerprint density at radius 2 is 0.745 bits per heavy atom. The van der Waals surface area contributed by atoms with Crippen molar-refractivity contribution in [3.05, 3.63) is 111 Å². The molecule has 0 saturated carbocycles. The summed E-state index contributed by atoms with van der Waals surface area (Å²) < 4.78 is 123. The topological polar surface area (TPSA) is 166 Å². The van der Waals surface area contributed by atoms with Crippen LogP contribution >= 0.6 is 49.9 Å². The second-order valence-electron chi connectivity index (χ2n) is 19.4. The number of hydrogen-bond acceptors (Lipinski definition) is 16.